The van der Waals surface area contributed by atoms with Gasteiger partial charge < -0.3 is 14.5 Å². The van der Waals surface area contributed by atoms with Crippen molar-refractivity contribution < 1.29 is 13.9 Å². The predicted octanol–water partition coefficient (Wildman–Crippen LogP) is 5.64. The maximum absolute atomic E-state index is 13.0. The van der Waals surface area contributed by atoms with Crippen LogP contribution >= 0.6 is 23.8 Å². The number of rotatable bonds is 6. The minimum absolute atomic E-state index is 0.181. The molecule has 1 aliphatic rings. The summed E-state index contributed by atoms with van der Waals surface area (Å²) in [5.74, 6) is 1.59. The number of para-hydroxylation sites is 1. The van der Waals surface area contributed by atoms with Crippen molar-refractivity contribution in [3.63, 3.8) is 0 Å². The smallest absolute Gasteiger partial charge is 0.277 e. The lowest BCUT2D eigenvalue weighted by atomic mass is 10.1. The summed E-state index contributed by atoms with van der Waals surface area (Å²) in [5.41, 5.74) is 2.33. The van der Waals surface area contributed by atoms with Gasteiger partial charge in [0.15, 0.2) is 5.11 Å². The van der Waals surface area contributed by atoms with E-state index in [4.69, 9.17) is 33.0 Å². The quantitative estimate of drug-likeness (QED) is 0.387. The van der Waals surface area contributed by atoms with Gasteiger partial charge in [0.2, 0.25) is 0 Å². The van der Waals surface area contributed by atoms with E-state index in [-0.39, 0.29) is 18.6 Å². The summed E-state index contributed by atoms with van der Waals surface area (Å²) in [4.78, 5) is 14.5. The van der Waals surface area contributed by atoms with Crippen LogP contribution in [0.15, 0.2) is 70.8 Å². The maximum Gasteiger partial charge on any atom is 0.277 e. The minimum atomic E-state index is -0.192. The summed E-state index contributed by atoms with van der Waals surface area (Å²) in [6.07, 6.45) is 1.65. The second-order valence-corrected chi connectivity index (χ2v) is 8.02. The van der Waals surface area contributed by atoms with Gasteiger partial charge in [0.05, 0.1) is 11.1 Å². The fraction of sp³-hybridized carbons (Fsp3) is 0.167. The van der Waals surface area contributed by atoms with Crippen molar-refractivity contribution in [2.45, 2.75) is 26.5 Å². The molecule has 0 radical (unpaired) electrons. The second-order valence-electron chi connectivity index (χ2n) is 7.23. The van der Waals surface area contributed by atoms with Crippen molar-refractivity contribution >= 4 is 40.9 Å². The van der Waals surface area contributed by atoms with Gasteiger partial charge in [-0.1, -0.05) is 54.1 Å². The SMILES string of the molecule is Cc1cccc(Cl)c1OCc1ccc(/C=C2\NC(=S)N(C(C)c3ccccc3)C2=O)o1. The van der Waals surface area contributed by atoms with Gasteiger partial charge >= 0.3 is 0 Å². The van der Waals surface area contributed by atoms with Crippen molar-refractivity contribution in [1.82, 2.24) is 10.2 Å². The molecule has 0 aliphatic carbocycles. The number of hydrogen-bond acceptors (Lipinski definition) is 4. The molecular weight excluding hydrogens is 432 g/mol. The Morgan fingerprint density at radius 2 is 1.94 bits per heavy atom. The molecule has 7 heteroatoms. The van der Waals surface area contributed by atoms with Gasteiger partial charge in [-0.15, -0.1) is 0 Å². The Morgan fingerprint density at radius 1 is 1.16 bits per heavy atom. The van der Waals surface area contributed by atoms with E-state index in [0.717, 1.165) is 11.1 Å². The summed E-state index contributed by atoms with van der Waals surface area (Å²) in [6, 6.07) is 18.8. The van der Waals surface area contributed by atoms with Crippen molar-refractivity contribution in [2.24, 2.45) is 0 Å². The molecule has 158 valence electrons. The molecule has 1 unspecified atom stereocenters. The van der Waals surface area contributed by atoms with E-state index in [9.17, 15) is 4.79 Å². The van der Waals surface area contributed by atoms with Crippen LogP contribution in [0.2, 0.25) is 5.02 Å². The highest BCUT2D eigenvalue weighted by atomic mass is 35.5. The zero-order valence-electron chi connectivity index (χ0n) is 17.1. The summed E-state index contributed by atoms with van der Waals surface area (Å²) in [5, 5.41) is 3.92. The van der Waals surface area contributed by atoms with E-state index in [0.29, 0.717) is 33.1 Å². The van der Waals surface area contributed by atoms with Crippen LogP contribution in [-0.4, -0.2) is 15.9 Å². The molecule has 0 spiro atoms. The van der Waals surface area contributed by atoms with Crippen LogP contribution < -0.4 is 10.1 Å². The number of benzene rings is 2. The Kier molecular flexibility index (Phi) is 6.11. The Morgan fingerprint density at radius 3 is 2.68 bits per heavy atom. The highest BCUT2D eigenvalue weighted by Gasteiger charge is 2.35. The Bertz CT molecular complexity index is 1140. The van der Waals surface area contributed by atoms with Crippen LogP contribution in [0.3, 0.4) is 0 Å². The summed E-state index contributed by atoms with van der Waals surface area (Å²) >= 11 is 11.6. The molecule has 31 heavy (non-hydrogen) atoms. The molecule has 0 bridgehead atoms. The van der Waals surface area contributed by atoms with E-state index >= 15 is 0 Å². The third-order valence-corrected chi connectivity index (χ3v) is 5.67. The number of halogens is 1. The lowest BCUT2D eigenvalue weighted by Crippen LogP contribution is -2.33. The normalized spacial score (nSPS) is 16.0. The summed E-state index contributed by atoms with van der Waals surface area (Å²) in [6.45, 7) is 4.11. The van der Waals surface area contributed by atoms with E-state index in [1.807, 2.05) is 56.3 Å². The molecule has 1 atom stereocenters. The first-order valence-electron chi connectivity index (χ1n) is 9.82. The average Bonchev–Trinajstić information content (AvgIpc) is 3.31. The molecule has 4 rings (SSSR count). The van der Waals surface area contributed by atoms with Crippen LogP contribution in [0.25, 0.3) is 6.08 Å². The number of carbonyl (C=O) groups is 1. The van der Waals surface area contributed by atoms with Crippen molar-refractivity contribution in [2.75, 3.05) is 0 Å². The summed E-state index contributed by atoms with van der Waals surface area (Å²) < 4.78 is 11.6. The fourth-order valence-corrected chi connectivity index (χ4v) is 4.04. The number of furan rings is 1. The molecule has 1 aliphatic heterocycles. The third-order valence-electron chi connectivity index (χ3n) is 5.07. The standard InChI is InChI=1S/C24H21ClN2O3S/c1-15-7-6-10-20(25)22(15)29-14-19-12-11-18(30-19)13-21-23(28)27(24(31)26-21)16(2)17-8-4-3-5-9-17/h3-13,16H,14H2,1-2H3,(H,26,31)/b21-13-. The van der Waals surface area contributed by atoms with Gasteiger partial charge in [0, 0.05) is 6.08 Å². The fourth-order valence-electron chi connectivity index (χ4n) is 3.42. The van der Waals surface area contributed by atoms with Gasteiger partial charge in [0.25, 0.3) is 5.91 Å². The van der Waals surface area contributed by atoms with Crippen molar-refractivity contribution in [3.8, 4) is 5.75 Å². The Labute approximate surface area is 191 Å². The number of nitrogens with zero attached hydrogens (tertiary/aromatic N) is 1. The van der Waals surface area contributed by atoms with E-state index in [2.05, 4.69) is 5.32 Å². The molecule has 1 aromatic heterocycles. The van der Waals surface area contributed by atoms with Crippen molar-refractivity contribution in [3.05, 3.63) is 94.0 Å². The van der Waals surface area contributed by atoms with Crippen LogP contribution in [-0.2, 0) is 11.4 Å². The van der Waals surface area contributed by atoms with E-state index in [1.54, 1.807) is 29.2 Å². The van der Waals surface area contributed by atoms with Gasteiger partial charge in [-0.05, 0) is 55.4 Å². The van der Waals surface area contributed by atoms with Crippen LogP contribution in [0.1, 0.15) is 35.6 Å². The number of nitrogens with one attached hydrogen (secondary N) is 1. The first-order chi connectivity index (χ1) is 14.9. The number of amides is 1. The topological polar surface area (TPSA) is 54.7 Å². The monoisotopic (exact) mass is 452 g/mol. The number of carbonyl (C=O) groups excluding carboxylic acids is 1. The molecule has 5 nitrogen and oxygen atoms in total. The largest absolute Gasteiger partial charge is 0.484 e. The summed E-state index contributed by atoms with van der Waals surface area (Å²) in [7, 11) is 0. The molecule has 2 aromatic carbocycles. The van der Waals surface area contributed by atoms with Gasteiger partial charge in [-0.25, -0.2) is 0 Å². The lowest BCUT2D eigenvalue weighted by Gasteiger charge is -2.23. The van der Waals surface area contributed by atoms with Gasteiger partial charge in [-0.2, -0.15) is 0 Å². The molecular formula is C24H21ClN2O3S. The molecule has 1 N–H and O–H groups in total. The second kappa shape index (κ2) is 8.96. The highest BCUT2D eigenvalue weighted by molar-refractivity contribution is 7.80. The first kappa shape index (κ1) is 21.2. The lowest BCUT2D eigenvalue weighted by molar-refractivity contribution is -0.123. The zero-order chi connectivity index (χ0) is 22.0. The number of ether oxygens (including phenoxy) is 1. The molecule has 1 amide bonds. The minimum Gasteiger partial charge on any atom is -0.484 e. The van der Waals surface area contributed by atoms with Gasteiger partial charge in [0.1, 0.15) is 29.6 Å². The number of thiocarbonyl (C=S) groups is 1. The van der Waals surface area contributed by atoms with Crippen LogP contribution in [0.4, 0.5) is 0 Å². The third kappa shape index (κ3) is 4.50. The molecule has 1 saturated heterocycles. The Balaban J connectivity index is 1.46. The number of aryl methyl sites for hydroxylation is 1. The molecule has 0 saturated carbocycles. The molecule has 1 fully saturated rings. The zero-order valence-corrected chi connectivity index (χ0v) is 18.7. The van der Waals surface area contributed by atoms with Gasteiger partial charge in [-0.3, -0.25) is 9.69 Å². The Hall–Kier alpha value is -3.09. The molecule has 3 aromatic rings. The highest BCUT2D eigenvalue weighted by Crippen LogP contribution is 2.29. The van der Waals surface area contributed by atoms with Crippen LogP contribution in [0, 0.1) is 6.92 Å². The predicted molar refractivity (Wildman–Crippen MR) is 125 cm³/mol. The average molecular weight is 453 g/mol. The van der Waals surface area contributed by atoms with E-state index < -0.39 is 0 Å². The first-order valence-corrected chi connectivity index (χ1v) is 10.6. The van der Waals surface area contributed by atoms with Crippen LogP contribution in [0.5, 0.6) is 5.75 Å². The van der Waals surface area contributed by atoms with Crippen molar-refractivity contribution in [1.29, 1.82) is 0 Å². The molecule has 2 heterocycles. The number of hydrogen-bond donors (Lipinski definition) is 1. The van der Waals surface area contributed by atoms with E-state index in [1.165, 1.54) is 0 Å². The maximum atomic E-state index is 13.0.